The molecule has 0 aromatic heterocycles. The van der Waals surface area contributed by atoms with Gasteiger partial charge in [0.2, 0.25) is 5.54 Å². The second kappa shape index (κ2) is 5.41. The van der Waals surface area contributed by atoms with Gasteiger partial charge in [-0.25, -0.2) is 9.59 Å². The Morgan fingerprint density at radius 3 is 1.76 bits per heavy atom. The van der Waals surface area contributed by atoms with Crippen LogP contribution >= 0.6 is 0 Å². The molecule has 2 atom stereocenters. The summed E-state index contributed by atoms with van der Waals surface area (Å²) in [4.78, 5) is 35.8. The fraction of sp³-hybridized carbons (Fsp3) is 0.667. The van der Waals surface area contributed by atoms with Crippen molar-refractivity contribution in [1.29, 1.82) is 0 Å². The summed E-state index contributed by atoms with van der Waals surface area (Å²) in [5, 5.41) is 11.9. The minimum absolute atomic E-state index is 0.0162. The van der Waals surface area contributed by atoms with Gasteiger partial charge >= 0.3 is 11.9 Å². The molecule has 0 aromatic rings. The van der Waals surface area contributed by atoms with Gasteiger partial charge in [-0.3, -0.25) is 10.1 Å². The molecule has 0 heterocycles. The Morgan fingerprint density at radius 2 is 1.40 bits per heavy atom. The van der Waals surface area contributed by atoms with Crippen LogP contribution in [0.3, 0.4) is 0 Å². The van der Waals surface area contributed by atoms with Crippen LogP contribution in [0.4, 0.5) is 0 Å². The van der Waals surface area contributed by atoms with Crippen LogP contribution in [0.5, 0.6) is 0 Å². The van der Waals surface area contributed by atoms with E-state index in [-0.39, 0.29) is 34.8 Å². The average molecular weight is 349 g/mol. The van der Waals surface area contributed by atoms with E-state index >= 15 is 0 Å². The molecule has 4 aliphatic rings. The normalized spacial score (nSPS) is 38.1. The molecule has 4 saturated carbocycles. The minimum atomic E-state index is -1.22. The summed E-state index contributed by atoms with van der Waals surface area (Å²) in [6, 6.07) is 0. The van der Waals surface area contributed by atoms with Crippen LogP contribution in [0.2, 0.25) is 0 Å². The first kappa shape index (κ1) is 17.6. The van der Waals surface area contributed by atoms with Crippen LogP contribution in [0.1, 0.15) is 52.4 Å². The summed E-state index contributed by atoms with van der Waals surface area (Å²) >= 11 is 0. The van der Waals surface area contributed by atoms with Gasteiger partial charge < -0.3 is 9.47 Å². The Balaban J connectivity index is 1.98. The highest BCUT2D eigenvalue weighted by atomic mass is 16.6. The van der Waals surface area contributed by atoms with Crippen molar-refractivity contribution in [3.63, 3.8) is 0 Å². The number of nitrogens with zero attached hydrogens (tertiary/aromatic N) is 1. The Bertz CT molecular complexity index is 652. The zero-order valence-corrected chi connectivity index (χ0v) is 14.6. The smallest absolute Gasteiger partial charge is 0.333 e. The molecule has 0 spiro atoms. The lowest BCUT2D eigenvalue weighted by Gasteiger charge is -2.60. The van der Waals surface area contributed by atoms with Crippen molar-refractivity contribution in [1.82, 2.24) is 0 Å². The van der Waals surface area contributed by atoms with Crippen LogP contribution < -0.4 is 0 Å². The largest absolute Gasteiger partial charge is 0.455 e. The molecule has 0 N–H and O–H groups in total. The lowest BCUT2D eigenvalue weighted by molar-refractivity contribution is -0.596. The predicted octanol–water partition coefficient (Wildman–Crippen LogP) is 2.72. The van der Waals surface area contributed by atoms with E-state index in [9.17, 15) is 19.7 Å². The topological polar surface area (TPSA) is 95.7 Å². The number of carbonyl (C=O) groups excluding carboxylic acids is 2. The van der Waals surface area contributed by atoms with E-state index in [1.165, 1.54) is 0 Å². The number of nitro groups is 1. The molecule has 0 radical (unpaired) electrons. The predicted molar refractivity (Wildman–Crippen MR) is 88.2 cm³/mol. The monoisotopic (exact) mass is 349 g/mol. The van der Waals surface area contributed by atoms with E-state index in [4.69, 9.17) is 9.47 Å². The number of carbonyl (C=O) groups is 2. The van der Waals surface area contributed by atoms with Gasteiger partial charge in [0, 0.05) is 28.9 Å². The standard InChI is InChI=1S/C18H23NO6/c1-11(2)14(20)24-17-6-13-5-16(8-17,19(22)23)9-18(7-13,10-17)25-15(21)12(3)4/h13H,1,3,5-10H2,2,4H3. The third kappa shape index (κ3) is 2.85. The minimum Gasteiger partial charge on any atom is -0.455 e. The summed E-state index contributed by atoms with van der Waals surface area (Å²) in [6.45, 7) is 10.3. The molecule has 4 rings (SSSR count). The molecule has 4 aliphatic carbocycles. The molecule has 7 heteroatoms. The van der Waals surface area contributed by atoms with Gasteiger partial charge in [0.25, 0.3) is 0 Å². The molecular weight excluding hydrogens is 326 g/mol. The first-order valence-corrected chi connectivity index (χ1v) is 8.43. The third-order valence-electron chi connectivity index (χ3n) is 5.64. The molecule has 0 saturated heterocycles. The first-order valence-electron chi connectivity index (χ1n) is 8.43. The maximum atomic E-state index is 12.1. The van der Waals surface area contributed by atoms with E-state index in [0.29, 0.717) is 25.7 Å². The van der Waals surface area contributed by atoms with Crippen molar-refractivity contribution in [2.45, 2.75) is 69.1 Å². The molecule has 2 unspecified atom stereocenters. The van der Waals surface area contributed by atoms with Crippen LogP contribution in [0.15, 0.2) is 24.3 Å². The van der Waals surface area contributed by atoms with Crippen molar-refractivity contribution in [3.05, 3.63) is 34.4 Å². The first-order chi connectivity index (χ1) is 11.5. The van der Waals surface area contributed by atoms with Gasteiger partial charge in [-0.05, 0) is 32.6 Å². The van der Waals surface area contributed by atoms with E-state index in [2.05, 4.69) is 13.2 Å². The average Bonchev–Trinajstić information content (AvgIpc) is 2.44. The highest BCUT2D eigenvalue weighted by Crippen LogP contribution is 2.62. The van der Waals surface area contributed by atoms with Gasteiger partial charge in [-0.15, -0.1) is 0 Å². The van der Waals surface area contributed by atoms with Gasteiger partial charge in [0.1, 0.15) is 11.2 Å². The summed E-state index contributed by atoms with van der Waals surface area (Å²) in [5.41, 5.74) is -2.67. The zero-order chi connectivity index (χ0) is 18.6. The second-order valence-electron chi connectivity index (χ2n) is 8.20. The highest BCUT2D eigenvalue weighted by molar-refractivity contribution is 5.88. The molecule has 25 heavy (non-hydrogen) atoms. The van der Waals surface area contributed by atoms with Crippen LogP contribution in [-0.2, 0) is 19.1 Å². The zero-order valence-electron chi connectivity index (χ0n) is 14.6. The summed E-state index contributed by atoms with van der Waals surface area (Å²) in [7, 11) is 0. The Morgan fingerprint density at radius 1 is 0.960 bits per heavy atom. The van der Waals surface area contributed by atoms with Gasteiger partial charge in [-0.2, -0.15) is 0 Å². The lowest BCUT2D eigenvalue weighted by Crippen LogP contribution is -2.70. The number of hydrogen-bond donors (Lipinski definition) is 0. The SMILES string of the molecule is C=C(C)C(=O)OC12CC3CC(OC(=O)C(=C)C)(C1)CC([N+](=O)[O-])(C3)C2. The van der Waals surface area contributed by atoms with Crippen LogP contribution in [0.25, 0.3) is 0 Å². The maximum absolute atomic E-state index is 12.1. The Labute approximate surface area is 146 Å². The molecule has 4 fully saturated rings. The van der Waals surface area contributed by atoms with Crippen LogP contribution in [-0.4, -0.2) is 33.6 Å². The number of hydrogen-bond acceptors (Lipinski definition) is 6. The van der Waals surface area contributed by atoms with Crippen LogP contribution in [0, 0.1) is 16.0 Å². The fourth-order valence-electron chi connectivity index (χ4n) is 5.21. The van der Waals surface area contributed by atoms with Crippen molar-refractivity contribution in [2.75, 3.05) is 0 Å². The molecule has 7 nitrogen and oxygen atoms in total. The van der Waals surface area contributed by atoms with Crippen molar-refractivity contribution >= 4 is 11.9 Å². The van der Waals surface area contributed by atoms with Crippen molar-refractivity contribution < 1.29 is 24.0 Å². The molecule has 0 aromatic carbocycles. The Kier molecular flexibility index (Phi) is 3.82. The van der Waals surface area contributed by atoms with Crippen molar-refractivity contribution in [3.8, 4) is 0 Å². The number of esters is 2. The van der Waals surface area contributed by atoms with E-state index < -0.39 is 28.7 Å². The van der Waals surface area contributed by atoms with Crippen molar-refractivity contribution in [2.24, 2.45) is 5.92 Å². The Hall–Kier alpha value is -2.18. The van der Waals surface area contributed by atoms with E-state index in [1.807, 2.05) is 0 Å². The van der Waals surface area contributed by atoms with Gasteiger partial charge in [-0.1, -0.05) is 13.2 Å². The van der Waals surface area contributed by atoms with E-state index in [0.717, 1.165) is 0 Å². The molecule has 0 aliphatic heterocycles. The van der Waals surface area contributed by atoms with Gasteiger partial charge in [0.15, 0.2) is 0 Å². The van der Waals surface area contributed by atoms with E-state index in [1.54, 1.807) is 13.8 Å². The number of ether oxygens (including phenoxy) is 2. The summed E-state index contributed by atoms with van der Waals surface area (Å²) in [6.07, 6.45) is 2.18. The summed E-state index contributed by atoms with van der Waals surface area (Å²) in [5.74, 6) is -1.12. The van der Waals surface area contributed by atoms with Gasteiger partial charge in [0.05, 0.1) is 12.8 Å². The summed E-state index contributed by atoms with van der Waals surface area (Å²) < 4.78 is 11.4. The molecular formula is C18H23NO6. The molecule has 0 amide bonds. The molecule has 4 bridgehead atoms. The second-order valence-corrected chi connectivity index (χ2v) is 8.20. The number of rotatable bonds is 5. The maximum Gasteiger partial charge on any atom is 0.333 e. The highest BCUT2D eigenvalue weighted by Gasteiger charge is 2.72. The quantitative estimate of drug-likeness (QED) is 0.328. The lowest BCUT2D eigenvalue weighted by atomic mass is 9.49. The fourth-order valence-corrected chi connectivity index (χ4v) is 5.21. The third-order valence-corrected chi connectivity index (χ3v) is 5.64. The molecule has 136 valence electrons.